The van der Waals surface area contributed by atoms with Crippen LogP contribution in [0.2, 0.25) is 5.02 Å². The summed E-state index contributed by atoms with van der Waals surface area (Å²) in [5, 5.41) is 4.56. The van der Waals surface area contributed by atoms with Gasteiger partial charge in [-0.05, 0) is 30.0 Å². The second kappa shape index (κ2) is 6.62. The molecule has 0 aliphatic carbocycles. The molecule has 1 aliphatic heterocycles. The van der Waals surface area contributed by atoms with E-state index in [1.165, 1.54) is 6.07 Å². The summed E-state index contributed by atoms with van der Waals surface area (Å²) in [6.45, 7) is 4.98. The molecule has 0 bridgehead atoms. The van der Waals surface area contributed by atoms with Crippen molar-refractivity contribution in [1.29, 1.82) is 0 Å². The number of nitrogens with zero attached hydrogens (tertiary/aromatic N) is 1. The van der Waals surface area contributed by atoms with Crippen molar-refractivity contribution in [3.05, 3.63) is 34.6 Å². The number of hydrogen-bond acceptors (Lipinski definition) is 2. The van der Waals surface area contributed by atoms with Crippen molar-refractivity contribution in [3.63, 3.8) is 0 Å². The molecule has 104 valence electrons. The molecule has 0 radical (unpaired) electrons. The van der Waals surface area contributed by atoms with Crippen LogP contribution in [0.1, 0.15) is 25.8 Å². The van der Waals surface area contributed by atoms with Gasteiger partial charge in [0.15, 0.2) is 5.17 Å². The van der Waals surface area contributed by atoms with Crippen molar-refractivity contribution in [2.45, 2.75) is 32.9 Å². The van der Waals surface area contributed by atoms with E-state index < -0.39 is 0 Å². The Morgan fingerprint density at radius 1 is 1.53 bits per heavy atom. The van der Waals surface area contributed by atoms with Crippen LogP contribution < -0.4 is 5.32 Å². The molecule has 2 rings (SSSR count). The highest BCUT2D eigenvalue weighted by Gasteiger charge is 2.20. The molecule has 1 N–H and O–H groups in total. The molecule has 1 atom stereocenters. The van der Waals surface area contributed by atoms with Gasteiger partial charge in [-0.25, -0.2) is 4.39 Å². The van der Waals surface area contributed by atoms with Crippen LogP contribution in [0, 0.1) is 11.7 Å². The highest BCUT2D eigenvalue weighted by atomic mass is 35.5. The molecule has 19 heavy (non-hydrogen) atoms. The second-order valence-corrected chi connectivity index (χ2v) is 6.57. The summed E-state index contributed by atoms with van der Waals surface area (Å²) < 4.78 is 13.0. The summed E-state index contributed by atoms with van der Waals surface area (Å²) in [5.41, 5.74) is 0.925. The SMILES string of the molecule is CC(C)CC1CSC(=NCc2ccc(F)c(Cl)c2)N1. The second-order valence-electron chi connectivity index (χ2n) is 5.15. The minimum atomic E-state index is -0.386. The number of aliphatic imine (C=N–C) groups is 1. The van der Waals surface area contributed by atoms with E-state index in [9.17, 15) is 4.39 Å². The van der Waals surface area contributed by atoms with E-state index in [-0.39, 0.29) is 10.8 Å². The van der Waals surface area contributed by atoms with Crippen LogP contribution in [0.5, 0.6) is 0 Å². The minimum absolute atomic E-state index is 0.155. The van der Waals surface area contributed by atoms with Crippen LogP contribution in [-0.2, 0) is 6.54 Å². The van der Waals surface area contributed by atoms with Gasteiger partial charge in [-0.15, -0.1) is 0 Å². The van der Waals surface area contributed by atoms with Gasteiger partial charge < -0.3 is 5.32 Å². The summed E-state index contributed by atoms with van der Waals surface area (Å²) in [5.74, 6) is 1.37. The first-order chi connectivity index (χ1) is 9.04. The zero-order chi connectivity index (χ0) is 13.8. The van der Waals surface area contributed by atoms with Gasteiger partial charge in [0.25, 0.3) is 0 Å². The van der Waals surface area contributed by atoms with E-state index in [0.29, 0.717) is 18.5 Å². The van der Waals surface area contributed by atoms with Gasteiger partial charge in [0.2, 0.25) is 0 Å². The zero-order valence-corrected chi connectivity index (χ0v) is 12.7. The fourth-order valence-corrected chi connectivity index (χ4v) is 3.21. The fourth-order valence-electron chi connectivity index (χ4n) is 2.03. The molecule has 0 amide bonds. The molecule has 1 heterocycles. The molecule has 5 heteroatoms. The van der Waals surface area contributed by atoms with Crippen molar-refractivity contribution in [3.8, 4) is 0 Å². The summed E-state index contributed by atoms with van der Waals surface area (Å²) in [6, 6.07) is 5.25. The first-order valence-electron chi connectivity index (χ1n) is 6.42. The maximum atomic E-state index is 13.0. The third kappa shape index (κ3) is 4.39. The largest absolute Gasteiger partial charge is 0.361 e. The molecule has 1 aliphatic rings. The topological polar surface area (TPSA) is 24.4 Å². The van der Waals surface area contributed by atoms with E-state index in [1.807, 2.05) is 0 Å². The number of rotatable bonds is 4. The van der Waals surface area contributed by atoms with E-state index in [2.05, 4.69) is 24.2 Å². The lowest BCUT2D eigenvalue weighted by molar-refractivity contribution is 0.502. The van der Waals surface area contributed by atoms with Crippen molar-refractivity contribution in [2.75, 3.05) is 5.75 Å². The van der Waals surface area contributed by atoms with Crippen LogP contribution in [0.25, 0.3) is 0 Å². The Morgan fingerprint density at radius 3 is 3.00 bits per heavy atom. The molecule has 0 saturated carbocycles. The molecule has 1 fully saturated rings. The monoisotopic (exact) mass is 300 g/mol. The number of benzene rings is 1. The Hall–Kier alpha value is -0.740. The maximum Gasteiger partial charge on any atom is 0.157 e. The van der Waals surface area contributed by atoms with Crippen molar-refractivity contribution < 1.29 is 4.39 Å². The minimum Gasteiger partial charge on any atom is -0.361 e. The molecule has 0 spiro atoms. The van der Waals surface area contributed by atoms with Crippen molar-refractivity contribution >= 4 is 28.5 Å². The van der Waals surface area contributed by atoms with Crippen molar-refractivity contribution in [1.82, 2.24) is 5.32 Å². The quantitative estimate of drug-likeness (QED) is 0.906. The first-order valence-corrected chi connectivity index (χ1v) is 7.78. The number of halogens is 2. The Labute approximate surface area is 122 Å². The van der Waals surface area contributed by atoms with Gasteiger partial charge in [0, 0.05) is 11.8 Å². The summed E-state index contributed by atoms with van der Waals surface area (Å²) in [6.07, 6.45) is 1.16. The van der Waals surface area contributed by atoms with Gasteiger partial charge in [-0.3, -0.25) is 4.99 Å². The van der Waals surface area contributed by atoms with E-state index in [4.69, 9.17) is 11.6 Å². The van der Waals surface area contributed by atoms with Crippen LogP contribution in [0.4, 0.5) is 4.39 Å². The Kier molecular flexibility index (Phi) is 5.11. The molecule has 0 aromatic heterocycles. The van der Waals surface area contributed by atoms with Gasteiger partial charge in [0.1, 0.15) is 5.82 Å². The molecular weight excluding hydrogens is 283 g/mol. The Balaban J connectivity index is 1.91. The number of thioether (sulfide) groups is 1. The Morgan fingerprint density at radius 2 is 2.32 bits per heavy atom. The molecule has 1 saturated heterocycles. The summed E-state index contributed by atoms with van der Waals surface area (Å²) in [4.78, 5) is 4.51. The highest BCUT2D eigenvalue weighted by Crippen LogP contribution is 2.20. The van der Waals surface area contributed by atoms with Gasteiger partial charge in [-0.1, -0.05) is 43.3 Å². The van der Waals surface area contributed by atoms with E-state index in [1.54, 1.807) is 23.9 Å². The maximum absolute atomic E-state index is 13.0. The lowest BCUT2D eigenvalue weighted by Gasteiger charge is -2.11. The first kappa shape index (κ1) is 14.7. The highest BCUT2D eigenvalue weighted by molar-refractivity contribution is 8.14. The lowest BCUT2D eigenvalue weighted by atomic mass is 10.1. The average Bonchev–Trinajstić information content (AvgIpc) is 2.77. The molecule has 1 aromatic carbocycles. The predicted octanol–water partition coefficient (Wildman–Crippen LogP) is 4.09. The predicted molar refractivity (Wildman–Crippen MR) is 81.4 cm³/mol. The molecule has 2 nitrogen and oxygen atoms in total. The third-order valence-corrected chi connectivity index (χ3v) is 4.27. The van der Waals surface area contributed by atoms with Gasteiger partial charge >= 0.3 is 0 Å². The molecule has 1 aromatic rings. The fraction of sp³-hybridized carbons (Fsp3) is 0.500. The van der Waals surface area contributed by atoms with Crippen LogP contribution >= 0.6 is 23.4 Å². The average molecular weight is 301 g/mol. The van der Waals surface area contributed by atoms with Crippen LogP contribution in [0.15, 0.2) is 23.2 Å². The van der Waals surface area contributed by atoms with Crippen LogP contribution in [0.3, 0.4) is 0 Å². The van der Waals surface area contributed by atoms with E-state index in [0.717, 1.165) is 22.9 Å². The Bertz CT molecular complexity index is 477. The van der Waals surface area contributed by atoms with Gasteiger partial charge in [-0.2, -0.15) is 0 Å². The van der Waals surface area contributed by atoms with Gasteiger partial charge in [0.05, 0.1) is 11.6 Å². The lowest BCUT2D eigenvalue weighted by Crippen LogP contribution is -2.28. The standard InChI is InChI=1S/C14H18ClFN2S/c1-9(2)5-11-8-19-14(18-11)17-7-10-3-4-13(16)12(15)6-10/h3-4,6,9,11H,5,7-8H2,1-2H3,(H,17,18). The van der Waals surface area contributed by atoms with Crippen LogP contribution in [-0.4, -0.2) is 17.0 Å². The summed E-state index contributed by atoms with van der Waals surface area (Å²) in [7, 11) is 0. The molecular formula is C14H18ClFN2S. The third-order valence-electron chi connectivity index (χ3n) is 2.89. The van der Waals surface area contributed by atoms with E-state index >= 15 is 0 Å². The van der Waals surface area contributed by atoms with Crippen molar-refractivity contribution in [2.24, 2.45) is 10.9 Å². The smallest absolute Gasteiger partial charge is 0.157 e. The number of amidine groups is 1. The number of hydrogen-bond donors (Lipinski definition) is 1. The molecule has 1 unspecified atom stereocenters. The number of nitrogens with one attached hydrogen (secondary N) is 1. The zero-order valence-electron chi connectivity index (χ0n) is 11.1. The summed E-state index contributed by atoms with van der Waals surface area (Å²) >= 11 is 7.50. The normalized spacial score (nSPS) is 21.1.